The Labute approximate surface area is 80.4 Å². The third kappa shape index (κ3) is 4.65. The van der Waals surface area contributed by atoms with Crippen LogP contribution in [0.15, 0.2) is 4.99 Å². The molecular formula is C9H20N2S. The third-order valence-electron chi connectivity index (χ3n) is 1.68. The largest absolute Gasteiger partial charge is 0.352 e. The Morgan fingerprint density at radius 1 is 1.33 bits per heavy atom. The van der Waals surface area contributed by atoms with Crippen molar-refractivity contribution in [1.29, 1.82) is 0 Å². The van der Waals surface area contributed by atoms with Crippen molar-refractivity contribution in [2.24, 2.45) is 4.99 Å². The zero-order chi connectivity index (χ0) is 9.40. The Morgan fingerprint density at radius 3 is 2.42 bits per heavy atom. The lowest BCUT2D eigenvalue weighted by Crippen LogP contribution is -2.28. The van der Waals surface area contributed by atoms with Crippen LogP contribution in [0, 0.1) is 0 Å². The number of thioether (sulfide) groups is 1. The molecule has 0 radical (unpaired) electrons. The van der Waals surface area contributed by atoms with Crippen LogP contribution in [0.25, 0.3) is 0 Å². The number of nitrogens with zero attached hydrogens (tertiary/aromatic N) is 2. The Balaban J connectivity index is 3.87. The maximum absolute atomic E-state index is 4.38. The van der Waals surface area contributed by atoms with Crippen LogP contribution in [-0.2, 0) is 0 Å². The number of hydrogen-bond donors (Lipinski definition) is 0. The topological polar surface area (TPSA) is 15.6 Å². The normalized spacial score (nSPS) is 11.8. The van der Waals surface area contributed by atoms with Crippen molar-refractivity contribution in [2.45, 2.75) is 27.7 Å². The predicted molar refractivity (Wildman–Crippen MR) is 59.0 cm³/mol. The lowest BCUT2D eigenvalue weighted by molar-refractivity contribution is 0.511. The molecule has 0 fully saturated rings. The van der Waals surface area contributed by atoms with Crippen LogP contribution in [0.2, 0.25) is 0 Å². The standard InChI is InChI=1S/C9H20N2S/c1-5-10-9(4)11(6-2)8-12-7-3/h5-8H2,1-4H3. The van der Waals surface area contributed by atoms with Gasteiger partial charge in [-0.3, -0.25) is 4.99 Å². The van der Waals surface area contributed by atoms with Crippen LogP contribution in [-0.4, -0.2) is 35.5 Å². The van der Waals surface area contributed by atoms with Crippen LogP contribution in [0.3, 0.4) is 0 Å². The zero-order valence-electron chi connectivity index (χ0n) is 8.63. The van der Waals surface area contributed by atoms with Crippen molar-refractivity contribution >= 4 is 17.6 Å². The van der Waals surface area contributed by atoms with Crippen LogP contribution in [0.4, 0.5) is 0 Å². The van der Waals surface area contributed by atoms with Crippen molar-refractivity contribution in [3.63, 3.8) is 0 Å². The molecule has 0 saturated carbocycles. The molecule has 0 amide bonds. The van der Waals surface area contributed by atoms with E-state index in [1.807, 2.05) is 11.8 Å². The second kappa shape index (κ2) is 7.47. The van der Waals surface area contributed by atoms with E-state index in [0.717, 1.165) is 19.0 Å². The van der Waals surface area contributed by atoms with Crippen molar-refractivity contribution < 1.29 is 0 Å². The SMILES string of the molecule is CCN=C(C)N(CC)CSCC. The van der Waals surface area contributed by atoms with E-state index in [4.69, 9.17) is 0 Å². The number of amidine groups is 1. The van der Waals surface area contributed by atoms with Gasteiger partial charge in [0.2, 0.25) is 0 Å². The first-order chi connectivity index (χ1) is 5.76. The Kier molecular flexibility index (Phi) is 7.36. The van der Waals surface area contributed by atoms with Gasteiger partial charge in [-0.05, 0) is 26.5 Å². The van der Waals surface area contributed by atoms with Gasteiger partial charge in [0.15, 0.2) is 0 Å². The Morgan fingerprint density at radius 2 is 2.00 bits per heavy atom. The minimum atomic E-state index is 0.888. The van der Waals surface area contributed by atoms with Gasteiger partial charge in [-0.15, -0.1) is 11.8 Å². The second-order valence-corrected chi connectivity index (χ2v) is 3.74. The first-order valence-electron chi connectivity index (χ1n) is 4.59. The fraction of sp³-hybridized carbons (Fsp3) is 0.889. The molecule has 0 aromatic rings. The van der Waals surface area contributed by atoms with Crippen LogP contribution in [0.5, 0.6) is 0 Å². The molecule has 0 saturated heterocycles. The lowest BCUT2D eigenvalue weighted by Gasteiger charge is -2.21. The fourth-order valence-electron chi connectivity index (χ4n) is 0.944. The molecule has 3 heteroatoms. The monoisotopic (exact) mass is 188 g/mol. The van der Waals surface area contributed by atoms with E-state index in [2.05, 4.69) is 37.6 Å². The van der Waals surface area contributed by atoms with Gasteiger partial charge in [0.05, 0.1) is 11.7 Å². The molecule has 0 aliphatic carbocycles. The van der Waals surface area contributed by atoms with E-state index in [-0.39, 0.29) is 0 Å². The Hall–Kier alpha value is -0.180. The molecule has 0 spiro atoms. The average molecular weight is 188 g/mol. The number of rotatable bonds is 5. The van der Waals surface area contributed by atoms with Crippen LogP contribution in [0.1, 0.15) is 27.7 Å². The molecule has 0 atom stereocenters. The molecule has 0 aliphatic rings. The quantitative estimate of drug-likeness (QED) is 0.374. The van der Waals surface area contributed by atoms with Gasteiger partial charge in [-0.2, -0.15) is 0 Å². The molecule has 0 aliphatic heterocycles. The van der Waals surface area contributed by atoms with Crippen LogP contribution >= 0.6 is 11.8 Å². The lowest BCUT2D eigenvalue weighted by atomic mass is 10.5. The first kappa shape index (κ1) is 11.8. The molecule has 0 aromatic heterocycles. The summed E-state index contributed by atoms with van der Waals surface area (Å²) in [4.78, 5) is 6.68. The molecule has 0 rings (SSSR count). The van der Waals surface area contributed by atoms with Crippen molar-refractivity contribution in [3.8, 4) is 0 Å². The van der Waals surface area contributed by atoms with E-state index >= 15 is 0 Å². The first-order valence-corrected chi connectivity index (χ1v) is 5.75. The predicted octanol–water partition coefficient (Wildman–Crippen LogP) is 2.46. The highest BCUT2D eigenvalue weighted by Gasteiger charge is 2.01. The fourth-order valence-corrected chi connectivity index (χ4v) is 1.72. The van der Waals surface area contributed by atoms with Crippen molar-refractivity contribution in [1.82, 2.24) is 4.90 Å². The molecule has 72 valence electrons. The summed E-state index contributed by atoms with van der Waals surface area (Å²) in [7, 11) is 0. The summed E-state index contributed by atoms with van der Waals surface area (Å²) in [5, 5.41) is 0. The maximum Gasteiger partial charge on any atom is 0.0964 e. The molecule has 0 unspecified atom stereocenters. The minimum Gasteiger partial charge on any atom is -0.352 e. The van der Waals surface area contributed by atoms with Crippen molar-refractivity contribution in [3.05, 3.63) is 0 Å². The maximum atomic E-state index is 4.38. The highest BCUT2D eigenvalue weighted by molar-refractivity contribution is 7.99. The van der Waals surface area contributed by atoms with Gasteiger partial charge in [-0.25, -0.2) is 0 Å². The summed E-state index contributed by atoms with van der Waals surface area (Å²) in [6.45, 7) is 10.5. The van der Waals surface area contributed by atoms with Crippen molar-refractivity contribution in [2.75, 3.05) is 24.7 Å². The summed E-state index contributed by atoms with van der Waals surface area (Å²) in [6, 6.07) is 0. The van der Waals surface area contributed by atoms with Gasteiger partial charge in [0.25, 0.3) is 0 Å². The van der Waals surface area contributed by atoms with Gasteiger partial charge < -0.3 is 4.90 Å². The molecule has 0 aromatic carbocycles. The van der Waals surface area contributed by atoms with E-state index in [1.165, 1.54) is 11.6 Å². The molecule has 0 bridgehead atoms. The van der Waals surface area contributed by atoms with E-state index in [0.29, 0.717) is 0 Å². The molecule has 0 N–H and O–H groups in total. The number of aliphatic imine (C=N–C) groups is 1. The van der Waals surface area contributed by atoms with Gasteiger partial charge >= 0.3 is 0 Å². The van der Waals surface area contributed by atoms with E-state index in [9.17, 15) is 0 Å². The summed E-state index contributed by atoms with van der Waals surface area (Å²) in [5.41, 5.74) is 0. The van der Waals surface area contributed by atoms with Gasteiger partial charge in [-0.1, -0.05) is 6.92 Å². The molecule has 12 heavy (non-hydrogen) atoms. The number of hydrogen-bond acceptors (Lipinski definition) is 2. The van der Waals surface area contributed by atoms with E-state index in [1.54, 1.807) is 0 Å². The molecule has 0 heterocycles. The molecular weight excluding hydrogens is 168 g/mol. The summed E-state index contributed by atoms with van der Waals surface area (Å²) in [6.07, 6.45) is 0. The van der Waals surface area contributed by atoms with E-state index < -0.39 is 0 Å². The average Bonchev–Trinajstić information content (AvgIpc) is 2.06. The highest BCUT2D eigenvalue weighted by atomic mass is 32.2. The third-order valence-corrected chi connectivity index (χ3v) is 2.58. The summed E-state index contributed by atoms with van der Waals surface area (Å²) >= 11 is 1.94. The highest BCUT2D eigenvalue weighted by Crippen LogP contribution is 2.03. The van der Waals surface area contributed by atoms with Crippen LogP contribution < -0.4 is 0 Å². The molecule has 2 nitrogen and oxygen atoms in total. The smallest absolute Gasteiger partial charge is 0.0964 e. The summed E-state index contributed by atoms with van der Waals surface area (Å²) in [5.74, 6) is 3.42. The van der Waals surface area contributed by atoms with Gasteiger partial charge in [0, 0.05) is 13.1 Å². The zero-order valence-corrected chi connectivity index (χ0v) is 9.45. The summed E-state index contributed by atoms with van der Waals surface area (Å²) < 4.78 is 0. The Bertz CT molecular complexity index is 134. The minimum absolute atomic E-state index is 0.888. The second-order valence-electron chi connectivity index (χ2n) is 2.50. The van der Waals surface area contributed by atoms with Gasteiger partial charge in [0.1, 0.15) is 0 Å².